The molecule has 1 aromatic rings. The van der Waals surface area contributed by atoms with Crippen molar-refractivity contribution in [2.24, 2.45) is 0 Å². The van der Waals surface area contributed by atoms with Crippen molar-refractivity contribution in [1.29, 1.82) is 0 Å². The maximum atomic E-state index is 12.1. The molecule has 1 aromatic carbocycles. The van der Waals surface area contributed by atoms with Crippen molar-refractivity contribution < 1.29 is 4.79 Å². The molecule has 1 aliphatic rings. The zero-order valence-electron chi connectivity index (χ0n) is 13.0. The Morgan fingerprint density at radius 1 is 1.15 bits per heavy atom. The molecule has 1 saturated heterocycles. The van der Waals surface area contributed by atoms with Gasteiger partial charge in [-0.2, -0.15) is 0 Å². The van der Waals surface area contributed by atoms with E-state index in [2.05, 4.69) is 38.2 Å². The van der Waals surface area contributed by atoms with Crippen molar-refractivity contribution in [3.8, 4) is 0 Å². The quantitative estimate of drug-likeness (QED) is 0.914. The first-order valence-corrected chi connectivity index (χ1v) is 7.63. The lowest BCUT2D eigenvalue weighted by atomic mass is 9.95. The molecule has 0 aliphatic carbocycles. The van der Waals surface area contributed by atoms with Gasteiger partial charge in [-0.15, -0.1) is 0 Å². The first kappa shape index (κ1) is 15.0. The van der Waals surface area contributed by atoms with Crippen LogP contribution in [0.1, 0.15) is 35.1 Å². The third kappa shape index (κ3) is 3.83. The summed E-state index contributed by atoms with van der Waals surface area (Å²) in [6.45, 7) is 10.1. The zero-order chi connectivity index (χ0) is 14.5. The maximum absolute atomic E-state index is 12.1. The Labute approximate surface area is 122 Å². The number of nitrogens with zero attached hydrogens (tertiary/aromatic N) is 1. The number of nitrogens with one attached hydrogen (secondary N) is 1. The van der Waals surface area contributed by atoms with Crippen LogP contribution in [0, 0.1) is 20.8 Å². The molecular formula is C17H26N2O. The molecule has 1 aliphatic heterocycles. The Bertz CT molecular complexity index is 453. The van der Waals surface area contributed by atoms with Crippen molar-refractivity contribution >= 4 is 5.91 Å². The number of amides is 1. The summed E-state index contributed by atoms with van der Waals surface area (Å²) in [4.78, 5) is 14.1. The fraction of sp³-hybridized carbons (Fsp3) is 0.588. The fourth-order valence-corrected chi connectivity index (χ4v) is 3.09. The molecule has 0 bridgehead atoms. The van der Waals surface area contributed by atoms with E-state index in [1.54, 1.807) is 0 Å². The Morgan fingerprint density at radius 3 is 2.35 bits per heavy atom. The Kier molecular flexibility index (Phi) is 5.18. The number of benzene rings is 1. The molecule has 3 nitrogen and oxygen atoms in total. The smallest absolute Gasteiger partial charge is 0.222 e. The lowest BCUT2D eigenvalue weighted by molar-refractivity contribution is -0.131. The molecule has 0 spiro atoms. The van der Waals surface area contributed by atoms with Gasteiger partial charge in [-0.25, -0.2) is 0 Å². The van der Waals surface area contributed by atoms with Crippen molar-refractivity contribution in [3.63, 3.8) is 0 Å². The molecule has 1 heterocycles. The van der Waals surface area contributed by atoms with E-state index in [1.807, 2.05) is 4.90 Å². The molecule has 1 N–H and O–H groups in total. The first-order chi connectivity index (χ1) is 9.58. The van der Waals surface area contributed by atoms with E-state index in [0.29, 0.717) is 12.3 Å². The summed E-state index contributed by atoms with van der Waals surface area (Å²) in [7, 11) is 0. The van der Waals surface area contributed by atoms with Gasteiger partial charge < -0.3 is 10.2 Å². The third-order valence-corrected chi connectivity index (χ3v) is 4.13. The highest BCUT2D eigenvalue weighted by atomic mass is 16.2. The van der Waals surface area contributed by atoms with Crippen molar-refractivity contribution in [2.75, 3.05) is 26.2 Å². The number of hydrogen-bond donors (Lipinski definition) is 1. The first-order valence-electron chi connectivity index (χ1n) is 7.63. The van der Waals surface area contributed by atoms with Gasteiger partial charge in [0.15, 0.2) is 0 Å². The van der Waals surface area contributed by atoms with Crippen LogP contribution in [0.15, 0.2) is 12.1 Å². The van der Waals surface area contributed by atoms with E-state index in [1.165, 1.54) is 22.3 Å². The molecule has 1 fully saturated rings. The second-order valence-corrected chi connectivity index (χ2v) is 5.86. The van der Waals surface area contributed by atoms with Gasteiger partial charge in [-0.05, 0) is 50.3 Å². The lowest BCUT2D eigenvalue weighted by Gasteiger charge is -2.27. The van der Waals surface area contributed by atoms with Crippen molar-refractivity contribution in [3.05, 3.63) is 34.4 Å². The lowest BCUT2D eigenvalue weighted by Crippen LogP contribution is -2.46. The minimum Gasteiger partial charge on any atom is -0.340 e. The molecule has 1 amide bonds. The minimum atomic E-state index is 0.314. The average molecular weight is 274 g/mol. The van der Waals surface area contributed by atoms with Gasteiger partial charge in [0.05, 0.1) is 0 Å². The highest BCUT2D eigenvalue weighted by molar-refractivity contribution is 5.76. The average Bonchev–Trinajstić information content (AvgIpc) is 2.42. The van der Waals surface area contributed by atoms with Crippen LogP contribution >= 0.6 is 0 Å². The Hall–Kier alpha value is -1.35. The van der Waals surface area contributed by atoms with Gasteiger partial charge in [0.2, 0.25) is 5.91 Å². The normalized spacial score (nSPS) is 15.4. The molecule has 20 heavy (non-hydrogen) atoms. The number of carbonyl (C=O) groups excluding carboxylic acids is 1. The number of piperazine rings is 1. The second-order valence-electron chi connectivity index (χ2n) is 5.86. The summed E-state index contributed by atoms with van der Waals surface area (Å²) in [5.74, 6) is 0.314. The highest BCUT2D eigenvalue weighted by Crippen LogP contribution is 2.18. The Morgan fingerprint density at radius 2 is 1.75 bits per heavy atom. The van der Waals surface area contributed by atoms with Gasteiger partial charge >= 0.3 is 0 Å². The molecule has 110 valence electrons. The summed E-state index contributed by atoms with van der Waals surface area (Å²) < 4.78 is 0. The van der Waals surface area contributed by atoms with Crippen LogP contribution in [0.5, 0.6) is 0 Å². The van der Waals surface area contributed by atoms with Crippen molar-refractivity contribution in [1.82, 2.24) is 10.2 Å². The summed E-state index contributed by atoms with van der Waals surface area (Å²) in [6.07, 6.45) is 2.63. The largest absolute Gasteiger partial charge is 0.340 e. The van der Waals surface area contributed by atoms with E-state index in [-0.39, 0.29) is 0 Å². The van der Waals surface area contributed by atoms with Gasteiger partial charge in [-0.3, -0.25) is 4.79 Å². The molecule has 2 rings (SSSR count). The van der Waals surface area contributed by atoms with E-state index in [0.717, 1.165) is 39.0 Å². The van der Waals surface area contributed by atoms with Gasteiger partial charge in [0.25, 0.3) is 0 Å². The summed E-state index contributed by atoms with van der Waals surface area (Å²) in [5.41, 5.74) is 5.46. The number of hydrogen-bond acceptors (Lipinski definition) is 2. The fourth-order valence-electron chi connectivity index (χ4n) is 3.09. The van der Waals surface area contributed by atoms with Crippen LogP contribution in [0.3, 0.4) is 0 Å². The molecule has 0 radical (unpaired) electrons. The predicted octanol–water partition coefficient (Wildman–Crippen LogP) is 2.37. The van der Waals surface area contributed by atoms with Crippen LogP contribution in [0.25, 0.3) is 0 Å². The summed E-state index contributed by atoms with van der Waals surface area (Å²) >= 11 is 0. The molecule has 0 unspecified atom stereocenters. The standard InChI is InChI=1S/C17H26N2O/c1-13-11-14(2)16(15(3)12-13)5-4-6-17(20)19-9-7-18-8-10-19/h11-12,18H,4-10H2,1-3H3. The molecule has 3 heteroatoms. The maximum Gasteiger partial charge on any atom is 0.222 e. The van der Waals surface area contributed by atoms with Crippen molar-refractivity contribution in [2.45, 2.75) is 40.0 Å². The van der Waals surface area contributed by atoms with E-state index >= 15 is 0 Å². The molecule has 0 saturated carbocycles. The molecular weight excluding hydrogens is 248 g/mol. The number of carbonyl (C=O) groups is 1. The van der Waals surface area contributed by atoms with Crippen LogP contribution in [0.4, 0.5) is 0 Å². The number of aryl methyl sites for hydroxylation is 3. The van der Waals surface area contributed by atoms with Crippen LogP contribution in [-0.2, 0) is 11.2 Å². The SMILES string of the molecule is Cc1cc(C)c(CCCC(=O)N2CCNCC2)c(C)c1. The van der Waals surface area contributed by atoms with E-state index in [4.69, 9.17) is 0 Å². The second kappa shape index (κ2) is 6.89. The Balaban J connectivity index is 1.85. The highest BCUT2D eigenvalue weighted by Gasteiger charge is 2.15. The number of rotatable bonds is 4. The molecule has 0 atom stereocenters. The van der Waals surface area contributed by atoms with Crippen LogP contribution < -0.4 is 5.32 Å². The molecule has 0 aromatic heterocycles. The van der Waals surface area contributed by atoms with Gasteiger partial charge in [-0.1, -0.05) is 17.7 Å². The zero-order valence-corrected chi connectivity index (χ0v) is 13.0. The monoisotopic (exact) mass is 274 g/mol. The summed E-state index contributed by atoms with van der Waals surface area (Å²) in [5, 5.41) is 3.28. The van der Waals surface area contributed by atoms with E-state index < -0.39 is 0 Å². The third-order valence-electron chi connectivity index (χ3n) is 4.13. The predicted molar refractivity (Wildman–Crippen MR) is 83.0 cm³/mol. The minimum absolute atomic E-state index is 0.314. The van der Waals surface area contributed by atoms with E-state index in [9.17, 15) is 4.79 Å². The summed E-state index contributed by atoms with van der Waals surface area (Å²) in [6, 6.07) is 4.47. The van der Waals surface area contributed by atoms with Gasteiger partial charge in [0, 0.05) is 32.6 Å². The van der Waals surface area contributed by atoms with Gasteiger partial charge in [0.1, 0.15) is 0 Å². The van der Waals surface area contributed by atoms with Crippen LogP contribution in [0.2, 0.25) is 0 Å². The van der Waals surface area contributed by atoms with Crippen LogP contribution in [-0.4, -0.2) is 37.0 Å². The topological polar surface area (TPSA) is 32.3 Å².